The molecular weight excluding hydrogens is 457 g/mol. The highest BCUT2D eigenvalue weighted by atomic mass is 127. The third-order valence-electron chi connectivity index (χ3n) is 4.08. The van der Waals surface area contributed by atoms with E-state index in [0.717, 1.165) is 43.2 Å². The van der Waals surface area contributed by atoms with Crippen molar-refractivity contribution in [2.45, 2.75) is 39.7 Å². The Morgan fingerprint density at radius 2 is 1.93 bits per heavy atom. The first-order chi connectivity index (χ1) is 12.7. The maximum Gasteiger partial charge on any atom is 0.305 e. The number of guanidine groups is 1. The number of carbonyl (C=O) groups is 1. The standard InChI is InChI=1S/C19H29N5O2.HI/c1-4-26-18(25)11-7-12-21-19(20-3)22-13-8-14-24-15(2)23-16-9-5-6-10-17(16)24;/h5-6,9-10H,4,7-8,11-14H2,1-3H3,(H2,20,21,22);1H. The molecule has 27 heavy (non-hydrogen) atoms. The molecule has 0 spiro atoms. The molecule has 1 heterocycles. The van der Waals surface area contributed by atoms with Crippen LogP contribution in [0.25, 0.3) is 11.0 Å². The van der Waals surface area contributed by atoms with Crippen LogP contribution in [0.4, 0.5) is 0 Å². The molecule has 0 saturated carbocycles. The van der Waals surface area contributed by atoms with Gasteiger partial charge in [-0.25, -0.2) is 4.98 Å². The minimum atomic E-state index is -0.153. The number of aliphatic imine (C=N–C) groups is 1. The number of fused-ring (bicyclic) bond motifs is 1. The third-order valence-corrected chi connectivity index (χ3v) is 4.08. The Balaban J connectivity index is 0.00000364. The summed E-state index contributed by atoms with van der Waals surface area (Å²) in [7, 11) is 1.74. The Kier molecular flexibility index (Phi) is 10.8. The number of nitrogens with zero attached hydrogens (tertiary/aromatic N) is 3. The smallest absolute Gasteiger partial charge is 0.305 e. The van der Waals surface area contributed by atoms with Gasteiger partial charge in [0.2, 0.25) is 0 Å². The van der Waals surface area contributed by atoms with Gasteiger partial charge in [0, 0.05) is 33.1 Å². The molecule has 1 aromatic carbocycles. The van der Waals surface area contributed by atoms with Crippen LogP contribution < -0.4 is 10.6 Å². The van der Waals surface area contributed by atoms with Crippen LogP contribution in [0, 0.1) is 6.92 Å². The molecule has 7 nitrogen and oxygen atoms in total. The summed E-state index contributed by atoms with van der Waals surface area (Å²) in [6.45, 7) is 6.68. The fraction of sp³-hybridized carbons (Fsp3) is 0.526. The van der Waals surface area contributed by atoms with E-state index in [0.29, 0.717) is 19.6 Å². The predicted octanol–water partition coefficient (Wildman–Crippen LogP) is 2.86. The second kappa shape index (κ2) is 12.5. The number of esters is 1. The maximum absolute atomic E-state index is 11.3. The number of hydrogen-bond donors (Lipinski definition) is 2. The third kappa shape index (κ3) is 7.36. The minimum absolute atomic E-state index is 0. The summed E-state index contributed by atoms with van der Waals surface area (Å²) in [5.41, 5.74) is 2.21. The maximum atomic E-state index is 11.3. The number of halogens is 1. The van der Waals surface area contributed by atoms with Crippen LogP contribution in [-0.4, -0.2) is 48.2 Å². The van der Waals surface area contributed by atoms with Gasteiger partial charge in [-0.15, -0.1) is 24.0 Å². The molecule has 0 radical (unpaired) electrons. The van der Waals surface area contributed by atoms with E-state index >= 15 is 0 Å². The van der Waals surface area contributed by atoms with E-state index in [9.17, 15) is 4.79 Å². The summed E-state index contributed by atoms with van der Waals surface area (Å²) in [5, 5.41) is 6.52. The molecule has 0 fully saturated rings. The second-order valence-electron chi connectivity index (χ2n) is 5.99. The van der Waals surface area contributed by atoms with Crippen molar-refractivity contribution in [3.8, 4) is 0 Å². The molecule has 0 aliphatic heterocycles. The number of aromatic nitrogens is 2. The van der Waals surface area contributed by atoms with Gasteiger partial charge in [-0.3, -0.25) is 9.79 Å². The molecule has 2 rings (SSSR count). The Bertz CT molecular complexity index is 745. The largest absolute Gasteiger partial charge is 0.466 e. The molecule has 0 amide bonds. The molecular formula is C19H30IN5O2. The number of rotatable bonds is 9. The first kappa shape index (κ1) is 23.2. The van der Waals surface area contributed by atoms with E-state index in [2.05, 4.69) is 31.2 Å². The second-order valence-corrected chi connectivity index (χ2v) is 5.99. The molecule has 0 atom stereocenters. The fourth-order valence-electron chi connectivity index (χ4n) is 2.82. The highest BCUT2D eigenvalue weighted by Crippen LogP contribution is 2.15. The number of imidazole rings is 1. The van der Waals surface area contributed by atoms with E-state index in [4.69, 9.17) is 4.74 Å². The van der Waals surface area contributed by atoms with Gasteiger partial charge in [-0.2, -0.15) is 0 Å². The molecule has 2 aromatic rings. The Morgan fingerprint density at radius 1 is 1.22 bits per heavy atom. The number of benzene rings is 1. The Morgan fingerprint density at radius 3 is 2.63 bits per heavy atom. The van der Waals surface area contributed by atoms with Gasteiger partial charge in [0.25, 0.3) is 0 Å². The monoisotopic (exact) mass is 487 g/mol. The summed E-state index contributed by atoms with van der Waals surface area (Å²) in [6, 6.07) is 8.20. The summed E-state index contributed by atoms with van der Waals surface area (Å²) >= 11 is 0. The first-order valence-corrected chi connectivity index (χ1v) is 9.17. The molecule has 150 valence electrons. The van der Waals surface area contributed by atoms with Crippen LogP contribution in [-0.2, 0) is 16.1 Å². The lowest BCUT2D eigenvalue weighted by atomic mass is 10.3. The highest BCUT2D eigenvalue weighted by Gasteiger charge is 2.06. The molecule has 0 unspecified atom stereocenters. The zero-order chi connectivity index (χ0) is 18.8. The summed E-state index contributed by atoms with van der Waals surface area (Å²) in [6.07, 6.45) is 2.11. The fourth-order valence-corrected chi connectivity index (χ4v) is 2.82. The average Bonchev–Trinajstić information content (AvgIpc) is 2.96. The van der Waals surface area contributed by atoms with Crippen molar-refractivity contribution in [3.63, 3.8) is 0 Å². The number of ether oxygens (including phenoxy) is 1. The van der Waals surface area contributed by atoms with Gasteiger partial charge in [0.05, 0.1) is 17.6 Å². The van der Waals surface area contributed by atoms with Gasteiger partial charge in [0.15, 0.2) is 5.96 Å². The van der Waals surface area contributed by atoms with Crippen molar-refractivity contribution < 1.29 is 9.53 Å². The first-order valence-electron chi connectivity index (χ1n) is 9.17. The van der Waals surface area contributed by atoms with Gasteiger partial charge in [-0.1, -0.05) is 12.1 Å². The van der Waals surface area contributed by atoms with Crippen LogP contribution in [0.3, 0.4) is 0 Å². The lowest BCUT2D eigenvalue weighted by Crippen LogP contribution is -2.38. The van der Waals surface area contributed by atoms with Crippen molar-refractivity contribution in [1.82, 2.24) is 20.2 Å². The summed E-state index contributed by atoms with van der Waals surface area (Å²) in [4.78, 5) is 20.1. The van der Waals surface area contributed by atoms with Gasteiger partial charge < -0.3 is 19.9 Å². The number of para-hydroxylation sites is 2. The molecule has 0 saturated heterocycles. The average molecular weight is 487 g/mol. The Hall–Kier alpha value is -1.84. The van der Waals surface area contributed by atoms with E-state index in [1.807, 2.05) is 32.0 Å². The van der Waals surface area contributed by atoms with Crippen molar-refractivity contribution in [2.75, 3.05) is 26.7 Å². The lowest BCUT2D eigenvalue weighted by molar-refractivity contribution is -0.143. The number of aryl methyl sites for hydroxylation is 2. The van der Waals surface area contributed by atoms with E-state index in [1.54, 1.807) is 7.05 Å². The van der Waals surface area contributed by atoms with E-state index < -0.39 is 0 Å². The molecule has 8 heteroatoms. The van der Waals surface area contributed by atoms with Crippen LogP contribution >= 0.6 is 24.0 Å². The molecule has 1 aromatic heterocycles. The van der Waals surface area contributed by atoms with Gasteiger partial charge in [0.1, 0.15) is 5.82 Å². The molecule has 0 aliphatic rings. The van der Waals surface area contributed by atoms with Crippen LogP contribution in [0.1, 0.15) is 32.0 Å². The van der Waals surface area contributed by atoms with Crippen molar-refractivity contribution in [2.24, 2.45) is 4.99 Å². The van der Waals surface area contributed by atoms with E-state index in [1.165, 1.54) is 5.52 Å². The van der Waals surface area contributed by atoms with Gasteiger partial charge >= 0.3 is 5.97 Å². The SMILES string of the molecule is CCOC(=O)CCCNC(=NC)NCCCn1c(C)nc2ccccc21.I. The summed E-state index contributed by atoms with van der Waals surface area (Å²) < 4.78 is 7.15. The number of carbonyl (C=O) groups excluding carboxylic acids is 1. The van der Waals surface area contributed by atoms with Crippen molar-refractivity contribution >= 4 is 46.9 Å². The van der Waals surface area contributed by atoms with Crippen LogP contribution in [0.2, 0.25) is 0 Å². The quantitative estimate of drug-likeness (QED) is 0.187. The highest BCUT2D eigenvalue weighted by molar-refractivity contribution is 14.0. The van der Waals surface area contributed by atoms with E-state index in [-0.39, 0.29) is 29.9 Å². The van der Waals surface area contributed by atoms with Gasteiger partial charge in [-0.05, 0) is 38.8 Å². The van der Waals surface area contributed by atoms with Crippen LogP contribution in [0.5, 0.6) is 0 Å². The predicted molar refractivity (Wildman–Crippen MR) is 120 cm³/mol. The Labute approximate surface area is 178 Å². The summed E-state index contributed by atoms with van der Waals surface area (Å²) in [5.74, 6) is 1.63. The molecule has 0 bridgehead atoms. The van der Waals surface area contributed by atoms with Crippen molar-refractivity contribution in [3.05, 3.63) is 30.1 Å². The van der Waals surface area contributed by atoms with Crippen molar-refractivity contribution in [1.29, 1.82) is 0 Å². The molecule has 0 aliphatic carbocycles. The molecule has 2 N–H and O–H groups in total. The number of nitrogens with one attached hydrogen (secondary N) is 2. The minimum Gasteiger partial charge on any atom is -0.466 e. The zero-order valence-electron chi connectivity index (χ0n) is 16.3. The zero-order valence-corrected chi connectivity index (χ0v) is 18.7. The van der Waals surface area contributed by atoms with Crippen LogP contribution in [0.15, 0.2) is 29.3 Å². The number of hydrogen-bond acceptors (Lipinski definition) is 4. The topological polar surface area (TPSA) is 80.5 Å². The normalized spacial score (nSPS) is 11.1. The lowest BCUT2D eigenvalue weighted by Gasteiger charge is -2.12.